The number of sulfone groups is 1. The number of halogens is 1. The second kappa shape index (κ2) is 9.05. The van der Waals surface area contributed by atoms with Crippen molar-refractivity contribution in [3.05, 3.63) is 52.9 Å². The molecule has 0 aromatic heterocycles. The Morgan fingerprint density at radius 1 is 1.22 bits per heavy atom. The number of benzene rings is 1. The number of amides is 3. The van der Waals surface area contributed by atoms with E-state index in [1.54, 1.807) is 18.2 Å². The Labute approximate surface area is 187 Å². The highest BCUT2D eigenvalue weighted by atomic mass is 32.2. The van der Waals surface area contributed by atoms with Gasteiger partial charge < -0.3 is 9.64 Å². The largest absolute Gasteiger partial charge is 0.490 e. The van der Waals surface area contributed by atoms with Crippen molar-refractivity contribution in [2.75, 3.05) is 31.2 Å². The molecule has 3 amide bonds. The molecule has 4 rings (SSSR count). The predicted molar refractivity (Wildman–Crippen MR) is 118 cm³/mol. The van der Waals surface area contributed by atoms with Crippen LogP contribution in [0.5, 0.6) is 5.75 Å². The number of carbonyl (C=O) groups excluding carboxylic acids is 2. The van der Waals surface area contributed by atoms with E-state index in [-0.39, 0.29) is 35.6 Å². The van der Waals surface area contributed by atoms with Crippen LogP contribution in [0.4, 0.5) is 9.18 Å². The molecule has 1 aromatic rings. The zero-order valence-electron chi connectivity index (χ0n) is 18.0. The van der Waals surface area contributed by atoms with Crippen molar-refractivity contribution in [1.82, 2.24) is 10.2 Å². The number of ether oxygens (including phenoxy) is 1. The lowest BCUT2D eigenvalue weighted by molar-refractivity contribution is -0.118. The fourth-order valence-electron chi connectivity index (χ4n) is 3.96. The predicted octanol–water partition coefficient (Wildman–Crippen LogP) is 2.94. The van der Waals surface area contributed by atoms with Crippen molar-refractivity contribution in [2.45, 2.75) is 32.1 Å². The van der Waals surface area contributed by atoms with Crippen LogP contribution in [0.15, 0.2) is 41.5 Å². The molecule has 32 heavy (non-hydrogen) atoms. The summed E-state index contributed by atoms with van der Waals surface area (Å²) in [5.41, 5.74) is 2.37. The number of nitrogens with one attached hydrogen (secondary N) is 1. The highest BCUT2D eigenvalue weighted by molar-refractivity contribution is 7.91. The van der Waals surface area contributed by atoms with Gasteiger partial charge in [-0.15, -0.1) is 0 Å². The second-order valence-electron chi connectivity index (χ2n) is 8.94. The summed E-state index contributed by atoms with van der Waals surface area (Å²) >= 11 is 0. The molecule has 1 atom stereocenters. The Balaban J connectivity index is 1.30. The second-order valence-corrected chi connectivity index (χ2v) is 11.0. The molecule has 0 spiro atoms. The van der Waals surface area contributed by atoms with Crippen LogP contribution in [0.3, 0.4) is 0 Å². The van der Waals surface area contributed by atoms with Gasteiger partial charge in [-0.1, -0.05) is 30.7 Å². The van der Waals surface area contributed by atoms with Gasteiger partial charge in [0, 0.05) is 6.54 Å². The van der Waals surface area contributed by atoms with Crippen LogP contribution in [0.25, 0.3) is 0 Å². The molecular weight excluding hydrogens is 435 g/mol. The van der Waals surface area contributed by atoms with E-state index in [2.05, 4.69) is 5.32 Å². The van der Waals surface area contributed by atoms with Crippen molar-refractivity contribution < 1.29 is 27.1 Å². The molecule has 0 radical (unpaired) electrons. The van der Waals surface area contributed by atoms with Gasteiger partial charge in [-0.05, 0) is 54.4 Å². The number of hydrogen-bond donors (Lipinski definition) is 1. The molecule has 1 aliphatic heterocycles. The number of carbonyl (C=O) groups is 2. The number of hydrogen-bond acceptors (Lipinski definition) is 5. The first-order valence-corrected chi connectivity index (χ1v) is 12.6. The highest BCUT2D eigenvalue weighted by Crippen LogP contribution is 2.31. The highest BCUT2D eigenvalue weighted by Gasteiger charge is 2.28. The Kier molecular flexibility index (Phi) is 6.37. The van der Waals surface area contributed by atoms with Crippen LogP contribution in [0, 0.1) is 11.7 Å². The van der Waals surface area contributed by atoms with Crippen LogP contribution >= 0.6 is 0 Å². The third-order valence-corrected chi connectivity index (χ3v) is 7.69. The van der Waals surface area contributed by atoms with E-state index in [9.17, 15) is 22.4 Å². The summed E-state index contributed by atoms with van der Waals surface area (Å²) in [6.07, 6.45) is 6.25. The average Bonchev–Trinajstić information content (AvgIpc) is 3.36. The van der Waals surface area contributed by atoms with E-state index in [0.29, 0.717) is 25.5 Å². The number of imide groups is 1. The summed E-state index contributed by atoms with van der Waals surface area (Å²) < 4.78 is 45.2. The third kappa shape index (κ3) is 5.76. The Hall–Kier alpha value is -2.68. The zero-order chi connectivity index (χ0) is 22.9. The summed E-state index contributed by atoms with van der Waals surface area (Å²) in [5.74, 6) is -0.541. The molecule has 3 aliphatic rings. The fourth-order valence-corrected chi connectivity index (χ4v) is 5.79. The van der Waals surface area contributed by atoms with Gasteiger partial charge in [-0.25, -0.2) is 17.6 Å². The van der Waals surface area contributed by atoms with Crippen LogP contribution < -0.4 is 10.1 Å². The first kappa shape index (κ1) is 22.5. The number of allylic oxidation sites excluding steroid dienone is 2. The Morgan fingerprint density at radius 2 is 1.97 bits per heavy atom. The first-order valence-electron chi connectivity index (χ1n) is 10.8. The van der Waals surface area contributed by atoms with Crippen molar-refractivity contribution in [2.24, 2.45) is 5.92 Å². The molecule has 1 aromatic carbocycles. The molecule has 1 N–H and O–H groups in total. The van der Waals surface area contributed by atoms with Gasteiger partial charge in [0.25, 0.3) is 0 Å². The minimum absolute atomic E-state index is 0.0192. The standard InChI is InChI=1S/C23H27FN2O5S/c1-15(19-6-7-20(24)21(9-19)31-12-16-2-3-16)13-32(29,30)14-18-5-4-17(8-18)10-26-11-22(27)25-23(26)28/h4-7,9,15-16H,2-3,8,10-14H2,1H3,(H,25,27,28)/t15-/m0/s1. The number of urea groups is 1. The molecule has 1 saturated heterocycles. The van der Waals surface area contributed by atoms with Crippen LogP contribution in [0.2, 0.25) is 0 Å². The Bertz CT molecular complexity index is 1090. The zero-order valence-corrected chi connectivity index (χ0v) is 18.8. The number of nitrogens with zero attached hydrogens (tertiary/aromatic N) is 1. The van der Waals surface area contributed by atoms with E-state index in [1.165, 1.54) is 11.0 Å². The van der Waals surface area contributed by atoms with Crippen molar-refractivity contribution >= 4 is 21.8 Å². The summed E-state index contributed by atoms with van der Waals surface area (Å²) in [7, 11) is -3.40. The van der Waals surface area contributed by atoms with Gasteiger partial charge in [0.15, 0.2) is 21.4 Å². The van der Waals surface area contributed by atoms with Crippen LogP contribution in [-0.2, 0) is 14.6 Å². The van der Waals surface area contributed by atoms with Gasteiger partial charge in [0.1, 0.15) is 6.54 Å². The van der Waals surface area contributed by atoms with E-state index >= 15 is 0 Å². The van der Waals surface area contributed by atoms with Crippen LogP contribution in [0.1, 0.15) is 37.7 Å². The van der Waals surface area contributed by atoms with Gasteiger partial charge in [-0.3, -0.25) is 10.1 Å². The molecular formula is C23H27FN2O5S. The van der Waals surface area contributed by atoms with Gasteiger partial charge in [0.05, 0.1) is 18.1 Å². The normalized spacial score (nSPS) is 19.6. The molecule has 0 bridgehead atoms. The summed E-state index contributed by atoms with van der Waals surface area (Å²) in [4.78, 5) is 24.4. The molecule has 9 heteroatoms. The first-order chi connectivity index (χ1) is 15.2. The molecule has 1 heterocycles. The van der Waals surface area contributed by atoms with Crippen LogP contribution in [-0.4, -0.2) is 56.5 Å². The number of rotatable bonds is 10. The fraction of sp³-hybridized carbons (Fsp3) is 0.478. The smallest absolute Gasteiger partial charge is 0.324 e. The molecule has 1 saturated carbocycles. The molecule has 0 unspecified atom stereocenters. The van der Waals surface area contributed by atoms with E-state index in [0.717, 1.165) is 29.6 Å². The minimum atomic E-state index is -3.40. The van der Waals surface area contributed by atoms with E-state index in [4.69, 9.17) is 4.74 Å². The SMILES string of the molecule is C[C@@H](CS(=O)(=O)CC1=CC=C(CN2CC(=O)NC2=O)C1)c1ccc(F)c(OCC2CC2)c1. The third-order valence-electron chi connectivity index (χ3n) is 5.88. The van der Waals surface area contributed by atoms with Crippen molar-refractivity contribution in [3.8, 4) is 5.75 Å². The lowest BCUT2D eigenvalue weighted by atomic mass is 10.0. The van der Waals surface area contributed by atoms with Crippen molar-refractivity contribution in [1.29, 1.82) is 0 Å². The molecule has 2 fully saturated rings. The maximum Gasteiger partial charge on any atom is 0.324 e. The molecule has 172 valence electrons. The van der Waals surface area contributed by atoms with E-state index in [1.807, 2.05) is 13.0 Å². The lowest BCUT2D eigenvalue weighted by Gasteiger charge is -2.16. The molecule has 2 aliphatic carbocycles. The molecule has 7 nitrogen and oxygen atoms in total. The monoisotopic (exact) mass is 462 g/mol. The summed E-state index contributed by atoms with van der Waals surface area (Å²) in [5, 5.41) is 2.23. The topological polar surface area (TPSA) is 92.8 Å². The van der Waals surface area contributed by atoms with Gasteiger partial charge in [-0.2, -0.15) is 0 Å². The quantitative estimate of drug-likeness (QED) is 0.540. The average molecular weight is 463 g/mol. The van der Waals surface area contributed by atoms with Gasteiger partial charge in [0.2, 0.25) is 5.91 Å². The van der Waals surface area contributed by atoms with E-state index < -0.39 is 21.7 Å². The maximum atomic E-state index is 14.0. The minimum Gasteiger partial charge on any atom is -0.490 e. The summed E-state index contributed by atoms with van der Waals surface area (Å²) in [6, 6.07) is 4.12. The summed E-state index contributed by atoms with van der Waals surface area (Å²) in [6.45, 7) is 2.62. The maximum absolute atomic E-state index is 14.0. The van der Waals surface area contributed by atoms with Gasteiger partial charge >= 0.3 is 6.03 Å². The lowest BCUT2D eigenvalue weighted by Crippen LogP contribution is -2.29. The Morgan fingerprint density at radius 3 is 2.66 bits per heavy atom. The van der Waals surface area contributed by atoms with Crippen molar-refractivity contribution in [3.63, 3.8) is 0 Å².